The Morgan fingerprint density at radius 3 is 2.62 bits per heavy atom. The number of rotatable bonds is 2. The van der Waals surface area contributed by atoms with Crippen LogP contribution < -0.4 is 0 Å². The first-order valence-corrected chi connectivity index (χ1v) is 3.59. The van der Waals surface area contributed by atoms with Crippen molar-refractivity contribution in [2.75, 3.05) is 12.5 Å². The van der Waals surface area contributed by atoms with Crippen molar-refractivity contribution in [2.24, 2.45) is 5.92 Å². The molecule has 1 rings (SSSR count). The van der Waals surface area contributed by atoms with Gasteiger partial charge in [-0.25, -0.2) is 0 Å². The third-order valence-corrected chi connectivity index (χ3v) is 2.03. The van der Waals surface area contributed by atoms with Crippen LogP contribution in [0.15, 0.2) is 0 Å². The van der Waals surface area contributed by atoms with Crippen LogP contribution >= 0.6 is 11.6 Å². The molecule has 1 aliphatic heterocycles. The lowest BCUT2D eigenvalue weighted by Crippen LogP contribution is -2.40. The van der Waals surface area contributed by atoms with E-state index in [-0.39, 0.29) is 0 Å². The molecule has 0 saturated carbocycles. The second-order valence-electron chi connectivity index (χ2n) is 2.19. The lowest BCUT2D eigenvalue weighted by Gasteiger charge is -2.34. The molecule has 48 valence electrons. The Morgan fingerprint density at radius 2 is 2.50 bits per heavy atom. The van der Waals surface area contributed by atoms with Crippen molar-refractivity contribution in [1.82, 2.24) is 0 Å². The SMILES string of the molecule is CCC1COC1CCl. The minimum Gasteiger partial charge on any atom is -0.376 e. The summed E-state index contributed by atoms with van der Waals surface area (Å²) in [6.45, 7) is 3.10. The lowest BCUT2D eigenvalue weighted by atomic mass is 9.97. The van der Waals surface area contributed by atoms with Crippen LogP contribution in [-0.2, 0) is 4.74 Å². The summed E-state index contributed by atoms with van der Waals surface area (Å²) >= 11 is 5.55. The van der Waals surface area contributed by atoms with Gasteiger partial charge in [-0.1, -0.05) is 6.92 Å². The zero-order valence-corrected chi connectivity index (χ0v) is 5.82. The Bertz CT molecular complexity index is 60.9. The Labute approximate surface area is 55.0 Å². The van der Waals surface area contributed by atoms with Gasteiger partial charge in [0.05, 0.1) is 12.7 Å². The van der Waals surface area contributed by atoms with Crippen LogP contribution in [0.5, 0.6) is 0 Å². The molecule has 0 radical (unpaired) electrons. The van der Waals surface area contributed by atoms with Gasteiger partial charge in [-0.2, -0.15) is 0 Å². The molecular weight excluding hydrogens is 124 g/mol. The van der Waals surface area contributed by atoms with Crippen LogP contribution in [0, 0.1) is 5.92 Å². The van der Waals surface area contributed by atoms with Crippen LogP contribution in [0.1, 0.15) is 13.3 Å². The van der Waals surface area contributed by atoms with Gasteiger partial charge >= 0.3 is 0 Å². The van der Waals surface area contributed by atoms with Crippen molar-refractivity contribution < 1.29 is 4.74 Å². The second kappa shape index (κ2) is 2.70. The Hall–Kier alpha value is 0.250. The maximum Gasteiger partial charge on any atom is 0.0760 e. The number of hydrogen-bond donors (Lipinski definition) is 0. The fraction of sp³-hybridized carbons (Fsp3) is 1.00. The summed E-state index contributed by atoms with van der Waals surface area (Å²) in [5, 5.41) is 0. The van der Waals surface area contributed by atoms with E-state index in [4.69, 9.17) is 16.3 Å². The summed E-state index contributed by atoms with van der Waals surface area (Å²) in [6.07, 6.45) is 1.57. The summed E-state index contributed by atoms with van der Waals surface area (Å²) in [6, 6.07) is 0. The van der Waals surface area contributed by atoms with Crippen molar-refractivity contribution in [3.63, 3.8) is 0 Å². The van der Waals surface area contributed by atoms with E-state index in [0.717, 1.165) is 12.5 Å². The molecule has 0 spiro atoms. The Kier molecular flexibility index (Phi) is 2.15. The van der Waals surface area contributed by atoms with Gasteiger partial charge in [0.25, 0.3) is 0 Å². The molecule has 0 aliphatic carbocycles. The van der Waals surface area contributed by atoms with Crippen molar-refractivity contribution in [2.45, 2.75) is 19.4 Å². The molecular formula is C6H11ClO. The van der Waals surface area contributed by atoms with Crippen LogP contribution in [0.3, 0.4) is 0 Å². The van der Waals surface area contributed by atoms with Crippen LogP contribution in [-0.4, -0.2) is 18.6 Å². The van der Waals surface area contributed by atoms with E-state index in [1.807, 2.05) is 0 Å². The van der Waals surface area contributed by atoms with E-state index >= 15 is 0 Å². The van der Waals surface area contributed by atoms with Gasteiger partial charge < -0.3 is 4.74 Å². The van der Waals surface area contributed by atoms with Crippen molar-refractivity contribution >= 4 is 11.6 Å². The average molecular weight is 135 g/mol. The topological polar surface area (TPSA) is 9.23 Å². The Morgan fingerprint density at radius 1 is 1.75 bits per heavy atom. The van der Waals surface area contributed by atoms with E-state index < -0.39 is 0 Å². The van der Waals surface area contributed by atoms with Gasteiger partial charge in [-0.3, -0.25) is 0 Å². The van der Waals surface area contributed by atoms with E-state index in [9.17, 15) is 0 Å². The molecule has 8 heavy (non-hydrogen) atoms. The molecule has 0 aromatic rings. The van der Waals surface area contributed by atoms with Crippen molar-refractivity contribution in [1.29, 1.82) is 0 Å². The first kappa shape index (κ1) is 6.37. The van der Waals surface area contributed by atoms with E-state index in [0.29, 0.717) is 12.0 Å². The fourth-order valence-corrected chi connectivity index (χ4v) is 1.26. The minimum atomic E-state index is 0.363. The van der Waals surface area contributed by atoms with E-state index in [1.165, 1.54) is 6.42 Å². The number of alkyl halides is 1. The molecule has 1 saturated heterocycles. The molecule has 2 atom stereocenters. The monoisotopic (exact) mass is 134 g/mol. The van der Waals surface area contributed by atoms with Gasteiger partial charge in [0, 0.05) is 11.8 Å². The predicted octanol–water partition coefficient (Wildman–Crippen LogP) is 1.65. The van der Waals surface area contributed by atoms with Gasteiger partial charge in [-0.05, 0) is 6.42 Å². The summed E-state index contributed by atoms with van der Waals surface area (Å²) < 4.78 is 5.15. The maximum atomic E-state index is 5.55. The summed E-state index contributed by atoms with van der Waals surface area (Å²) in [4.78, 5) is 0. The highest BCUT2D eigenvalue weighted by molar-refractivity contribution is 6.18. The first-order chi connectivity index (χ1) is 3.88. The quantitative estimate of drug-likeness (QED) is 0.522. The summed E-state index contributed by atoms with van der Waals surface area (Å²) in [5.74, 6) is 1.41. The molecule has 2 heteroatoms. The molecule has 1 fully saturated rings. The molecule has 0 aromatic carbocycles. The molecule has 0 amide bonds. The zero-order chi connectivity index (χ0) is 5.98. The number of ether oxygens (including phenoxy) is 1. The summed E-state index contributed by atoms with van der Waals surface area (Å²) in [7, 11) is 0. The van der Waals surface area contributed by atoms with Gasteiger partial charge in [0.2, 0.25) is 0 Å². The number of hydrogen-bond acceptors (Lipinski definition) is 1. The molecule has 0 bridgehead atoms. The van der Waals surface area contributed by atoms with E-state index in [2.05, 4.69) is 6.92 Å². The summed E-state index contributed by atoms with van der Waals surface area (Å²) in [5.41, 5.74) is 0. The van der Waals surface area contributed by atoms with Crippen LogP contribution in [0.2, 0.25) is 0 Å². The highest BCUT2D eigenvalue weighted by Crippen LogP contribution is 2.23. The van der Waals surface area contributed by atoms with Crippen molar-refractivity contribution in [3.8, 4) is 0 Å². The zero-order valence-electron chi connectivity index (χ0n) is 5.06. The molecule has 0 N–H and O–H groups in total. The molecule has 1 heterocycles. The van der Waals surface area contributed by atoms with Crippen LogP contribution in [0.25, 0.3) is 0 Å². The van der Waals surface area contributed by atoms with Gasteiger partial charge in [0.15, 0.2) is 0 Å². The normalized spacial score (nSPS) is 36.8. The molecule has 2 unspecified atom stereocenters. The highest BCUT2D eigenvalue weighted by Gasteiger charge is 2.28. The molecule has 1 aliphatic rings. The van der Waals surface area contributed by atoms with Crippen molar-refractivity contribution in [3.05, 3.63) is 0 Å². The highest BCUT2D eigenvalue weighted by atomic mass is 35.5. The fourth-order valence-electron chi connectivity index (χ4n) is 0.920. The molecule has 0 aromatic heterocycles. The largest absolute Gasteiger partial charge is 0.376 e. The van der Waals surface area contributed by atoms with E-state index in [1.54, 1.807) is 0 Å². The smallest absolute Gasteiger partial charge is 0.0760 e. The van der Waals surface area contributed by atoms with Gasteiger partial charge in [-0.15, -0.1) is 11.6 Å². The second-order valence-corrected chi connectivity index (χ2v) is 2.50. The minimum absolute atomic E-state index is 0.363. The standard InChI is InChI=1S/C6H11ClO/c1-2-5-4-8-6(5)3-7/h5-6H,2-4H2,1H3. The predicted molar refractivity (Wildman–Crippen MR) is 34.2 cm³/mol. The molecule has 1 nitrogen and oxygen atoms in total. The average Bonchev–Trinajstić information content (AvgIpc) is 1.66. The first-order valence-electron chi connectivity index (χ1n) is 3.06. The van der Waals surface area contributed by atoms with Gasteiger partial charge in [0.1, 0.15) is 0 Å². The Balaban J connectivity index is 2.16. The third-order valence-electron chi connectivity index (χ3n) is 1.73. The number of halogens is 1. The van der Waals surface area contributed by atoms with Crippen LogP contribution in [0.4, 0.5) is 0 Å². The lowest BCUT2D eigenvalue weighted by molar-refractivity contribution is -0.101. The maximum absolute atomic E-state index is 5.55. The third kappa shape index (κ3) is 0.981.